The first-order valence-electron chi connectivity index (χ1n) is 51.8. The number of hydrogen-bond acceptors (Lipinski definition) is 28. The SMILES string of the molecule is CC(=O)[C@H](CCCCNC(c1ccccc1)(c1ccccc1)c1ccc(C)cc1)NC(=O)COCCOCCCC(=O)C(CCC(=O)O)NC(=O)CCC(NC(=O)C1CCC(CNC(=O)CCCC(=O)O)CC1)C(=O)O.NC(=O)[C@H](CCCCNC(=O)CCCCCCC(=O)ON1C(=O)CCC1=O)NC(=O)COCCOCCCC(=O)C(CCC(=O)O)NC(=O)CCC(NC(=O)C1CCC(CNC(=O)CCCC(=O)O)CC1)C(=O)O. The van der Waals surface area contributed by atoms with Gasteiger partial charge in [0.25, 0.3) is 11.8 Å². The van der Waals surface area contributed by atoms with E-state index >= 15 is 0 Å². The summed E-state index contributed by atoms with van der Waals surface area (Å²) in [6, 6.07) is 22.3. The quantitative estimate of drug-likeness (QED) is 0.0179. The van der Waals surface area contributed by atoms with Crippen LogP contribution in [0.1, 0.15) is 286 Å². The molecule has 4 unspecified atom stereocenters. The molecule has 12 amide bonds. The highest BCUT2D eigenvalue weighted by Gasteiger charge is 2.39. The van der Waals surface area contributed by atoms with Gasteiger partial charge in [0, 0.05) is 135 Å². The summed E-state index contributed by atoms with van der Waals surface area (Å²) in [6.07, 6.45) is 8.31. The van der Waals surface area contributed by atoms with Crippen LogP contribution in [0.2, 0.25) is 0 Å². The van der Waals surface area contributed by atoms with E-state index in [0.717, 1.165) is 28.7 Å². The lowest BCUT2D eigenvalue weighted by Crippen LogP contribution is -2.46. The molecular weight excluding hydrogens is 1960 g/mol. The van der Waals surface area contributed by atoms with E-state index in [0.29, 0.717) is 134 Å². The highest BCUT2D eigenvalue weighted by molar-refractivity contribution is 6.02. The molecule has 0 bridgehead atoms. The predicted molar refractivity (Wildman–Crippen MR) is 538 cm³/mol. The van der Waals surface area contributed by atoms with E-state index in [1.165, 1.54) is 6.92 Å². The average molecular weight is 2110 g/mol. The van der Waals surface area contributed by atoms with Crippen molar-refractivity contribution in [3.8, 4) is 0 Å². The number of rotatable bonds is 78. The number of ketones is 3. The van der Waals surface area contributed by atoms with Crippen LogP contribution < -0.4 is 58.9 Å². The maximum Gasteiger partial charge on any atom is 0.333 e. The van der Waals surface area contributed by atoms with Gasteiger partial charge in [0.05, 0.1) is 50.1 Å². The number of primary amides is 1. The fraction of sp³-hybridized carbons (Fsp3) is 0.619. The lowest BCUT2D eigenvalue weighted by Gasteiger charge is -2.37. The van der Waals surface area contributed by atoms with Crippen molar-refractivity contribution < 1.29 is 160 Å². The van der Waals surface area contributed by atoms with Crippen LogP contribution in [-0.2, 0) is 135 Å². The molecule has 0 aromatic heterocycles. The second kappa shape index (κ2) is 72.1. The van der Waals surface area contributed by atoms with E-state index < -0.39 is 180 Å². The van der Waals surface area contributed by atoms with Crippen LogP contribution in [0, 0.1) is 30.6 Å². The van der Waals surface area contributed by atoms with Crippen molar-refractivity contribution >= 4 is 130 Å². The molecule has 45 heteroatoms. The van der Waals surface area contributed by atoms with Gasteiger partial charge in [0.1, 0.15) is 31.3 Å². The average Bonchev–Trinajstić information content (AvgIpc) is 0.837. The molecule has 3 aliphatic rings. The number of benzene rings is 3. The van der Waals surface area contributed by atoms with Gasteiger partial charge in [-0.15, -0.1) is 5.06 Å². The van der Waals surface area contributed by atoms with Crippen LogP contribution in [-0.4, -0.2) is 281 Å². The molecule has 1 aliphatic heterocycles. The van der Waals surface area contributed by atoms with Gasteiger partial charge >= 0.3 is 41.8 Å². The summed E-state index contributed by atoms with van der Waals surface area (Å²) in [6.45, 7) is 4.94. The molecule has 1 heterocycles. The maximum atomic E-state index is 13.1. The van der Waals surface area contributed by atoms with Crippen LogP contribution in [0.3, 0.4) is 0 Å². The smallest absolute Gasteiger partial charge is 0.333 e. The number of unbranched alkanes of at least 4 members (excludes halogenated alkanes) is 5. The second-order valence-corrected chi connectivity index (χ2v) is 37.8. The van der Waals surface area contributed by atoms with Crippen molar-refractivity contribution in [2.45, 2.75) is 312 Å². The molecular formula is C105H152N12O33. The lowest BCUT2D eigenvalue weighted by molar-refractivity contribution is -0.197. The van der Waals surface area contributed by atoms with Crippen molar-refractivity contribution in [2.75, 3.05) is 79.0 Å². The van der Waals surface area contributed by atoms with E-state index in [9.17, 15) is 126 Å². The zero-order valence-electron chi connectivity index (χ0n) is 85.9. The third-order valence-electron chi connectivity index (χ3n) is 25.8. The Labute approximate surface area is 872 Å². The van der Waals surface area contributed by atoms with Crippen molar-refractivity contribution in [1.29, 1.82) is 0 Å². The largest absolute Gasteiger partial charge is 0.481 e. The number of hydrogen-bond donors (Lipinski definition) is 17. The number of nitrogens with zero attached hydrogens (tertiary/aromatic N) is 1. The number of aliphatic carboxylic acids is 6. The van der Waals surface area contributed by atoms with Gasteiger partial charge in [-0.25, -0.2) is 14.4 Å². The molecule has 3 aromatic carbocycles. The van der Waals surface area contributed by atoms with Gasteiger partial charge in [-0.05, 0) is 203 Å². The highest BCUT2D eigenvalue weighted by atomic mass is 16.7. The number of nitrogens with two attached hydrogens (primary N) is 1. The molecule has 6 atom stereocenters. The first-order valence-corrected chi connectivity index (χ1v) is 51.8. The number of Topliss-reactive ketones (excluding diaryl/α,β-unsaturated/α-hetero) is 3. The third kappa shape index (κ3) is 52.7. The van der Waals surface area contributed by atoms with Gasteiger partial charge in [0.2, 0.25) is 59.1 Å². The Kier molecular flexibility index (Phi) is 61.1. The molecule has 3 fully saturated rings. The first-order chi connectivity index (χ1) is 71.7. The number of nitrogens with one attached hydrogen (secondary N) is 10. The lowest BCUT2D eigenvalue weighted by atomic mass is 9.76. The number of ether oxygens (including phenoxy) is 4. The molecule has 2 saturated carbocycles. The summed E-state index contributed by atoms with van der Waals surface area (Å²) in [4.78, 5) is 271. The zero-order chi connectivity index (χ0) is 110. The Balaban J connectivity index is 0.000000527. The number of aryl methyl sites for hydroxylation is 1. The number of carboxylic acid groups (broad SMARTS) is 6. The minimum atomic E-state index is -1.40. The summed E-state index contributed by atoms with van der Waals surface area (Å²) in [5.74, 6) is -15.3. The third-order valence-corrected chi connectivity index (χ3v) is 25.8. The molecule has 830 valence electrons. The first kappa shape index (κ1) is 127. The summed E-state index contributed by atoms with van der Waals surface area (Å²) >= 11 is 0. The Morgan fingerprint density at radius 3 is 1.15 bits per heavy atom. The van der Waals surface area contributed by atoms with E-state index in [-0.39, 0.29) is 216 Å². The van der Waals surface area contributed by atoms with Gasteiger partial charge < -0.3 is 108 Å². The Morgan fingerprint density at radius 2 is 0.733 bits per heavy atom. The monoisotopic (exact) mass is 2110 g/mol. The van der Waals surface area contributed by atoms with Crippen molar-refractivity contribution in [1.82, 2.24) is 58.2 Å². The predicted octanol–water partition coefficient (Wildman–Crippen LogP) is 5.83. The molecule has 3 aromatic rings. The summed E-state index contributed by atoms with van der Waals surface area (Å²) < 4.78 is 21.8. The van der Waals surface area contributed by atoms with Crippen LogP contribution in [0.4, 0.5) is 0 Å². The topological polar surface area (TPSA) is 693 Å². The van der Waals surface area contributed by atoms with E-state index in [4.69, 9.17) is 39.7 Å². The van der Waals surface area contributed by atoms with Gasteiger partial charge in [-0.2, -0.15) is 0 Å². The van der Waals surface area contributed by atoms with Crippen molar-refractivity contribution in [3.63, 3.8) is 0 Å². The molecule has 1 saturated heterocycles. The summed E-state index contributed by atoms with van der Waals surface area (Å²) in [5, 5.41) is 83.5. The number of carbonyl (C=O) groups is 22. The maximum absolute atomic E-state index is 13.1. The molecule has 150 heavy (non-hydrogen) atoms. The number of carboxylic acids is 6. The van der Waals surface area contributed by atoms with Crippen molar-refractivity contribution in [2.24, 2.45) is 29.4 Å². The summed E-state index contributed by atoms with van der Waals surface area (Å²) in [7, 11) is 0. The molecule has 18 N–H and O–H groups in total. The normalized spacial score (nSPS) is 16.0. The highest BCUT2D eigenvalue weighted by Crippen LogP contribution is 2.38. The number of imide groups is 1. The number of carbonyl (C=O) groups excluding carboxylic acids is 16. The van der Waals surface area contributed by atoms with Crippen LogP contribution >= 0.6 is 0 Å². The fourth-order valence-electron chi connectivity index (χ4n) is 17.3. The Bertz CT molecular complexity index is 4800. The Morgan fingerprint density at radius 1 is 0.353 bits per heavy atom. The number of hydroxylamine groups is 2. The Hall–Kier alpha value is -13.4. The molecule has 0 radical (unpaired) electrons. The summed E-state index contributed by atoms with van der Waals surface area (Å²) in [5.41, 5.74) is 9.29. The number of amides is 12. The zero-order valence-corrected chi connectivity index (χ0v) is 85.9. The van der Waals surface area contributed by atoms with Gasteiger partial charge in [-0.1, -0.05) is 103 Å². The molecule has 2 aliphatic carbocycles. The fourth-order valence-corrected chi connectivity index (χ4v) is 17.3. The van der Waals surface area contributed by atoms with E-state index in [1.54, 1.807) is 0 Å². The minimum absolute atomic E-state index is 0.0147. The van der Waals surface area contributed by atoms with Gasteiger partial charge in [0.15, 0.2) is 17.3 Å². The van der Waals surface area contributed by atoms with Crippen molar-refractivity contribution in [3.05, 3.63) is 107 Å². The van der Waals surface area contributed by atoms with E-state index in [1.807, 2.05) is 36.4 Å². The van der Waals surface area contributed by atoms with E-state index in [2.05, 4.69) is 109 Å². The molecule has 0 spiro atoms. The van der Waals surface area contributed by atoms with Gasteiger partial charge in [-0.3, -0.25) is 96.4 Å². The van der Waals surface area contributed by atoms with Crippen LogP contribution in [0.25, 0.3) is 0 Å². The van der Waals surface area contributed by atoms with Crippen LogP contribution in [0.15, 0.2) is 84.9 Å². The molecule has 6 rings (SSSR count). The second-order valence-electron chi connectivity index (χ2n) is 37.8. The standard InChI is InChI=1S/C57H77N5O14.C48H75N7O19/c1-39-21-27-45(28-22-39)57(43-13-5-3-6-14-43,44-15-7-4-8-16-44)59-33-10-9-17-46(40(2)63)60-52(67)38-76-36-35-75-34-12-18-49(64)47(30-32-54(70)71)61-51(66)31-29-48(56(73)74)62-55(72)42-25-23-41(24-26-42)37-58-50(65)19-11-20-53(68)69;49-46(68)34(9-5-6-25-50-37(57)11-3-1-2-4-14-45(67)74-55-41(61)22-23-42(55)62)53-40(60)30-73-28-27-72-26-8-10-36(56)33(20-24-44(65)66)52-39(59)21-19-35(48(70)71)54-47(69)32-17-15-31(16-18-32)29-51-38(58)12-7-13-43(63)64/h3-8,13-16,21-22,27-28,41-42,46-48,59H,9-12,17-20,23-26,29-38H2,1-2H3,(H,58,65)(H,60,67)(H,61,66)(H,62,72)(H,68,69)(H,70,71)(H,73,74);31-35H,1-30H2,(H2,49,68)(H,50,57)(H,51,58)(H,52,59)(H,53,60)(H,54,69)(H,63,64)(H,65,66)(H,70,71)/t41?,42?,46-,47?,48?;31?,32?,33?,34-,35?/m00/s1. The molecule has 45 nitrogen and oxygen atoms in total. The minimum Gasteiger partial charge on any atom is -0.481 e. The van der Waals surface area contributed by atoms with Crippen LogP contribution in [0.5, 0.6) is 0 Å².